The molecular formula is C16H26N4O3. The zero-order valence-electron chi connectivity index (χ0n) is 13.9. The minimum atomic E-state index is -0.183. The molecule has 2 N–H and O–H groups in total. The third kappa shape index (κ3) is 6.03. The van der Waals surface area contributed by atoms with Crippen LogP contribution in [0.25, 0.3) is 0 Å². The van der Waals surface area contributed by atoms with Gasteiger partial charge in [0.15, 0.2) is 0 Å². The van der Waals surface area contributed by atoms with Crippen LogP contribution in [-0.4, -0.2) is 61.4 Å². The number of carbonyl (C=O) groups excluding carboxylic acids is 1. The number of morpholine rings is 1. The van der Waals surface area contributed by atoms with E-state index in [1.54, 1.807) is 6.20 Å². The monoisotopic (exact) mass is 322 g/mol. The van der Waals surface area contributed by atoms with Crippen molar-refractivity contribution in [2.45, 2.75) is 26.4 Å². The summed E-state index contributed by atoms with van der Waals surface area (Å²) >= 11 is 0. The van der Waals surface area contributed by atoms with E-state index in [9.17, 15) is 4.79 Å². The number of hydrogen-bond acceptors (Lipinski definition) is 5. The first-order valence-corrected chi connectivity index (χ1v) is 8.10. The Morgan fingerprint density at radius 2 is 2.26 bits per heavy atom. The summed E-state index contributed by atoms with van der Waals surface area (Å²) in [6.45, 7) is 9.04. The van der Waals surface area contributed by atoms with E-state index in [1.807, 2.05) is 26.0 Å². The zero-order chi connectivity index (χ0) is 16.5. The van der Waals surface area contributed by atoms with Crippen LogP contribution in [0, 0.1) is 0 Å². The summed E-state index contributed by atoms with van der Waals surface area (Å²) < 4.78 is 10.8. The van der Waals surface area contributed by atoms with Crippen LogP contribution in [0.2, 0.25) is 0 Å². The number of hydrogen-bond donors (Lipinski definition) is 2. The molecule has 0 spiro atoms. The number of ether oxygens (including phenoxy) is 2. The summed E-state index contributed by atoms with van der Waals surface area (Å²) in [5.74, 6) is 0.566. The Labute approximate surface area is 137 Å². The van der Waals surface area contributed by atoms with Crippen molar-refractivity contribution in [3.05, 3.63) is 23.9 Å². The summed E-state index contributed by atoms with van der Waals surface area (Å²) in [5, 5.41) is 5.81. The molecule has 7 heteroatoms. The Morgan fingerprint density at radius 1 is 1.48 bits per heavy atom. The third-order valence-electron chi connectivity index (χ3n) is 3.58. The van der Waals surface area contributed by atoms with E-state index in [2.05, 4.69) is 20.5 Å². The van der Waals surface area contributed by atoms with Gasteiger partial charge in [-0.3, -0.25) is 4.90 Å². The summed E-state index contributed by atoms with van der Waals surface area (Å²) in [6, 6.07) is 3.62. The zero-order valence-corrected chi connectivity index (χ0v) is 13.9. The number of rotatable bonds is 7. The molecule has 2 rings (SSSR count). The van der Waals surface area contributed by atoms with E-state index in [4.69, 9.17) is 9.47 Å². The van der Waals surface area contributed by atoms with Crippen molar-refractivity contribution < 1.29 is 14.3 Å². The van der Waals surface area contributed by atoms with Crippen LogP contribution in [0.4, 0.5) is 4.79 Å². The van der Waals surface area contributed by atoms with E-state index in [0.29, 0.717) is 19.0 Å². The molecule has 128 valence electrons. The Hall–Kier alpha value is -1.86. The number of pyridine rings is 1. The maximum atomic E-state index is 12.0. The average Bonchev–Trinajstić information content (AvgIpc) is 2.55. The van der Waals surface area contributed by atoms with E-state index in [-0.39, 0.29) is 12.1 Å². The second-order valence-corrected chi connectivity index (χ2v) is 5.54. The molecule has 0 aliphatic carbocycles. The van der Waals surface area contributed by atoms with E-state index in [0.717, 1.165) is 38.4 Å². The second-order valence-electron chi connectivity index (χ2n) is 5.54. The van der Waals surface area contributed by atoms with Gasteiger partial charge >= 0.3 is 6.03 Å². The van der Waals surface area contributed by atoms with Gasteiger partial charge < -0.3 is 20.1 Å². The highest BCUT2D eigenvalue weighted by atomic mass is 16.5. The summed E-state index contributed by atoms with van der Waals surface area (Å²) in [5.41, 5.74) is 0.866. The van der Waals surface area contributed by atoms with Crippen molar-refractivity contribution in [1.29, 1.82) is 0 Å². The molecule has 7 nitrogen and oxygen atoms in total. The number of carbonyl (C=O) groups is 1. The lowest BCUT2D eigenvalue weighted by Gasteiger charge is -2.29. The van der Waals surface area contributed by atoms with Crippen LogP contribution in [0.1, 0.15) is 19.4 Å². The van der Waals surface area contributed by atoms with Gasteiger partial charge in [0.05, 0.1) is 19.8 Å². The lowest BCUT2D eigenvalue weighted by Crippen LogP contribution is -2.48. The highest BCUT2D eigenvalue weighted by Gasteiger charge is 2.15. The van der Waals surface area contributed by atoms with E-state index >= 15 is 0 Å². The number of amides is 2. The predicted octanol–water partition coefficient (Wildman–Crippen LogP) is 1.00. The van der Waals surface area contributed by atoms with Crippen LogP contribution in [-0.2, 0) is 11.3 Å². The summed E-state index contributed by atoms with van der Waals surface area (Å²) in [6.07, 6.45) is 1.68. The highest BCUT2D eigenvalue weighted by Crippen LogP contribution is 2.13. The highest BCUT2D eigenvalue weighted by molar-refractivity contribution is 5.74. The quantitative estimate of drug-likeness (QED) is 0.783. The fraction of sp³-hybridized carbons (Fsp3) is 0.625. The topological polar surface area (TPSA) is 75.7 Å². The van der Waals surface area contributed by atoms with Gasteiger partial charge in [0.25, 0.3) is 0 Å². The smallest absolute Gasteiger partial charge is 0.315 e. The van der Waals surface area contributed by atoms with Crippen molar-refractivity contribution in [1.82, 2.24) is 20.5 Å². The predicted molar refractivity (Wildman–Crippen MR) is 87.5 cm³/mol. The summed E-state index contributed by atoms with van der Waals surface area (Å²) in [4.78, 5) is 18.5. The number of aromatic nitrogens is 1. The summed E-state index contributed by atoms with van der Waals surface area (Å²) in [7, 11) is 0. The van der Waals surface area contributed by atoms with Gasteiger partial charge in [0, 0.05) is 44.0 Å². The fourth-order valence-electron chi connectivity index (χ4n) is 2.49. The molecule has 0 bridgehead atoms. The molecule has 1 aliphatic heterocycles. The molecule has 0 unspecified atom stereocenters. The van der Waals surface area contributed by atoms with Gasteiger partial charge in [-0.2, -0.15) is 0 Å². The third-order valence-corrected chi connectivity index (χ3v) is 3.58. The first-order chi connectivity index (χ1) is 11.2. The van der Waals surface area contributed by atoms with Crippen molar-refractivity contribution in [3.63, 3.8) is 0 Å². The number of urea groups is 1. The molecule has 0 radical (unpaired) electrons. The van der Waals surface area contributed by atoms with Crippen molar-refractivity contribution in [2.24, 2.45) is 0 Å². The van der Waals surface area contributed by atoms with Crippen molar-refractivity contribution in [3.8, 4) is 5.88 Å². The standard InChI is InChI=1S/C16H26N4O3/c1-3-23-15-14(5-4-6-17-15)11-18-16(21)19-13(2)12-20-7-9-22-10-8-20/h4-6,13H,3,7-12H2,1-2H3,(H2,18,19,21)/t13-/m1/s1. The molecule has 1 aliphatic rings. The molecular weight excluding hydrogens is 296 g/mol. The molecule has 1 aromatic rings. The van der Waals surface area contributed by atoms with Crippen molar-refractivity contribution >= 4 is 6.03 Å². The van der Waals surface area contributed by atoms with Crippen LogP contribution in [0.3, 0.4) is 0 Å². The number of nitrogens with zero attached hydrogens (tertiary/aromatic N) is 2. The minimum Gasteiger partial charge on any atom is -0.478 e. The first kappa shape index (κ1) is 17.5. The Morgan fingerprint density at radius 3 is 3.00 bits per heavy atom. The Balaban J connectivity index is 1.74. The van der Waals surface area contributed by atoms with Gasteiger partial charge in [0.1, 0.15) is 0 Å². The van der Waals surface area contributed by atoms with Gasteiger partial charge in [-0.25, -0.2) is 9.78 Å². The molecule has 1 atom stereocenters. The Bertz CT molecular complexity index is 492. The lowest BCUT2D eigenvalue weighted by molar-refractivity contribution is 0.0349. The largest absolute Gasteiger partial charge is 0.478 e. The van der Waals surface area contributed by atoms with Crippen LogP contribution < -0.4 is 15.4 Å². The molecule has 2 amide bonds. The molecule has 1 saturated heterocycles. The van der Waals surface area contributed by atoms with Crippen LogP contribution in [0.15, 0.2) is 18.3 Å². The molecule has 0 aromatic carbocycles. The average molecular weight is 322 g/mol. The normalized spacial score (nSPS) is 16.6. The maximum absolute atomic E-state index is 12.0. The van der Waals surface area contributed by atoms with Gasteiger partial charge in [-0.05, 0) is 19.9 Å². The maximum Gasteiger partial charge on any atom is 0.315 e. The molecule has 1 fully saturated rings. The minimum absolute atomic E-state index is 0.0772. The van der Waals surface area contributed by atoms with Crippen LogP contribution in [0.5, 0.6) is 5.88 Å². The molecule has 2 heterocycles. The van der Waals surface area contributed by atoms with Gasteiger partial charge in [0.2, 0.25) is 5.88 Å². The van der Waals surface area contributed by atoms with Crippen molar-refractivity contribution in [2.75, 3.05) is 39.5 Å². The SMILES string of the molecule is CCOc1ncccc1CNC(=O)N[C@H](C)CN1CCOCC1. The molecule has 23 heavy (non-hydrogen) atoms. The number of nitrogens with one attached hydrogen (secondary N) is 2. The van der Waals surface area contributed by atoms with Crippen LogP contribution >= 0.6 is 0 Å². The van der Waals surface area contributed by atoms with Gasteiger partial charge in [-0.15, -0.1) is 0 Å². The molecule has 0 saturated carbocycles. The Kier molecular flexibility index (Phi) is 7.09. The van der Waals surface area contributed by atoms with E-state index < -0.39 is 0 Å². The van der Waals surface area contributed by atoms with E-state index in [1.165, 1.54) is 0 Å². The molecule has 1 aromatic heterocycles. The second kappa shape index (κ2) is 9.32. The van der Waals surface area contributed by atoms with Gasteiger partial charge in [-0.1, -0.05) is 6.07 Å². The first-order valence-electron chi connectivity index (χ1n) is 8.10. The fourth-order valence-corrected chi connectivity index (χ4v) is 2.49. The lowest BCUT2D eigenvalue weighted by atomic mass is 10.2.